The molecule has 0 spiro atoms. The summed E-state index contributed by atoms with van der Waals surface area (Å²) in [5, 5.41) is 0. The van der Waals surface area contributed by atoms with Crippen molar-refractivity contribution in [2.24, 2.45) is 11.8 Å². The van der Waals surface area contributed by atoms with E-state index in [1.54, 1.807) is 6.26 Å². The predicted molar refractivity (Wildman–Crippen MR) is 87.6 cm³/mol. The molecular weight excluding hydrogens is 290 g/mol. The average Bonchev–Trinajstić information content (AvgIpc) is 2.93. The van der Waals surface area contributed by atoms with E-state index in [1.165, 1.54) is 6.42 Å². The highest BCUT2D eigenvalue weighted by atomic mass is 16.3. The summed E-state index contributed by atoms with van der Waals surface area (Å²) in [5.74, 6) is 4.45. The molecule has 0 saturated heterocycles. The number of hydrogen-bond acceptors (Lipinski definition) is 3. The molecule has 2 aromatic heterocycles. The molecule has 1 aliphatic carbocycles. The van der Waals surface area contributed by atoms with Crippen LogP contribution >= 0.6 is 0 Å². The molecule has 1 aliphatic rings. The van der Waals surface area contributed by atoms with E-state index < -0.39 is 0 Å². The van der Waals surface area contributed by atoms with E-state index >= 15 is 0 Å². The van der Waals surface area contributed by atoms with Crippen molar-refractivity contribution < 1.29 is 13.6 Å². The summed E-state index contributed by atoms with van der Waals surface area (Å²) < 4.78 is 11.4. The maximum atomic E-state index is 12.5. The number of rotatable bonds is 7. The lowest BCUT2D eigenvalue weighted by Gasteiger charge is -2.21. The summed E-state index contributed by atoms with van der Waals surface area (Å²) >= 11 is 0. The molecule has 23 heavy (non-hydrogen) atoms. The summed E-state index contributed by atoms with van der Waals surface area (Å²) in [4.78, 5) is 14.3. The molecule has 4 nitrogen and oxygen atoms in total. The molecule has 2 heterocycles. The van der Waals surface area contributed by atoms with Crippen molar-refractivity contribution in [3.8, 4) is 0 Å². The van der Waals surface area contributed by atoms with E-state index in [1.807, 2.05) is 23.1 Å². The molecule has 0 N–H and O–H groups in total. The first-order chi connectivity index (χ1) is 11.0. The van der Waals surface area contributed by atoms with Crippen LogP contribution in [0.5, 0.6) is 0 Å². The minimum Gasteiger partial charge on any atom is -0.467 e. The van der Waals surface area contributed by atoms with Gasteiger partial charge in [-0.05, 0) is 42.5 Å². The normalized spacial score (nSPS) is 20.0. The molecule has 1 fully saturated rings. The molecule has 1 saturated carbocycles. The Labute approximate surface area is 137 Å². The minimum absolute atomic E-state index is 0.133. The van der Waals surface area contributed by atoms with E-state index in [2.05, 4.69) is 26.8 Å². The molecule has 2 atom stereocenters. The lowest BCUT2D eigenvalue weighted by molar-refractivity contribution is -0.133. The first kappa shape index (κ1) is 15.9. The highest BCUT2D eigenvalue weighted by molar-refractivity contribution is 5.76. The molecule has 4 heteroatoms. The first-order valence-electron chi connectivity index (χ1n) is 8.41. The van der Waals surface area contributed by atoms with Crippen molar-refractivity contribution >= 4 is 5.91 Å². The van der Waals surface area contributed by atoms with E-state index in [0.717, 1.165) is 23.2 Å². The lowest BCUT2D eigenvalue weighted by atomic mass is 10.1. The maximum Gasteiger partial charge on any atom is 0.223 e. The predicted octanol–water partition coefficient (Wildman–Crippen LogP) is 4.57. The van der Waals surface area contributed by atoms with E-state index in [0.29, 0.717) is 31.3 Å². The molecular formula is C19H25NO3. The Balaban J connectivity index is 1.69. The monoisotopic (exact) mass is 315 g/mol. The van der Waals surface area contributed by atoms with Gasteiger partial charge in [-0.1, -0.05) is 20.8 Å². The van der Waals surface area contributed by atoms with Gasteiger partial charge in [0.05, 0.1) is 19.4 Å². The Morgan fingerprint density at radius 3 is 2.61 bits per heavy atom. The van der Waals surface area contributed by atoms with Gasteiger partial charge in [0.25, 0.3) is 0 Å². The van der Waals surface area contributed by atoms with Gasteiger partial charge in [-0.15, -0.1) is 0 Å². The molecule has 1 amide bonds. The summed E-state index contributed by atoms with van der Waals surface area (Å²) in [7, 11) is 0. The third-order valence-electron chi connectivity index (χ3n) is 4.37. The van der Waals surface area contributed by atoms with Crippen molar-refractivity contribution in [3.05, 3.63) is 47.8 Å². The second-order valence-corrected chi connectivity index (χ2v) is 7.05. The molecule has 124 valence electrons. The van der Waals surface area contributed by atoms with Gasteiger partial charge in [0.2, 0.25) is 5.91 Å². The van der Waals surface area contributed by atoms with Crippen LogP contribution in [0, 0.1) is 11.8 Å². The van der Waals surface area contributed by atoms with Crippen molar-refractivity contribution in [2.45, 2.75) is 52.6 Å². The third kappa shape index (κ3) is 4.06. The van der Waals surface area contributed by atoms with Gasteiger partial charge in [0.15, 0.2) is 0 Å². The van der Waals surface area contributed by atoms with Gasteiger partial charge in [-0.25, -0.2) is 0 Å². The smallest absolute Gasteiger partial charge is 0.223 e. The van der Waals surface area contributed by atoms with Crippen LogP contribution in [0.3, 0.4) is 0 Å². The van der Waals surface area contributed by atoms with Gasteiger partial charge in [0.1, 0.15) is 17.3 Å². The Kier molecular flexibility index (Phi) is 4.60. The fourth-order valence-electron chi connectivity index (χ4n) is 2.89. The van der Waals surface area contributed by atoms with Crippen molar-refractivity contribution in [1.82, 2.24) is 4.90 Å². The molecule has 0 aliphatic heterocycles. The first-order valence-corrected chi connectivity index (χ1v) is 8.41. The Morgan fingerprint density at radius 2 is 2.00 bits per heavy atom. The highest BCUT2D eigenvalue weighted by Gasteiger charge is 2.36. The Bertz CT molecular complexity index is 641. The lowest BCUT2D eigenvalue weighted by Crippen LogP contribution is -2.30. The quantitative estimate of drug-likeness (QED) is 0.752. The van der Waals surface area contributed by atoms with Crippen LogP contribution in [0.4, 0.5) is 0 Å². The van der Waals surface area contributed by atoms with E-state index in [4.69, 9.17) is 8.83 Å². The highest BCUT2D eigenvalue weighted by Crippen LogP contribution is 2.47. The summed E-state index contributed by atoms with van der Waals surface area (Å²) in [6, 6.07) is 7.80. The number of amides is 1. The molecule has 0 radical (unpaired) electrons. The largest absolute Gasteiger partial charge is 0.467 e. The molecule has 3 rings (SSSR count). The zero-order chi connectivity index (χ0) is 16.4. The number of hydrogen-bond donors (Lipinski definition) is 0. The second kappa shape index (κ2) is 6.65. The van der Waals surface area contributed by atoms with Gasteiger partial charge in [-0.3, -0.25) is 4.79 Å². The molecule has 0 bridgehead atoms. The fraction of sp³-hybridized carbons (Fsp3) is 0.526. The topological polar surface area (TPSA) is 46.6 Å². The number of furan rings is 2. The van der Waals surface area contributed by atoms with Crippen LogP contribution in [-0.2, 0) is 17.9 Å². The van der Waals surface area contributed by atoms with Crippen molar-refractivity contribution in [2.75, 3.05) is 0 Å². The summed E-state index contributed by atoms with van der Waals surface area (Å²) in [6.45, 7) is 7.33. The zero-order valence-corrected chi connectivity index (χ0v) is 14.1. The van der Waals surface area contributed by atoms with Crippen LogP contribution in [0.15, 0.2) is 39.4 Å². The average molecular weight is 315 g/mol. The van der Waals surface area contributed by atoms with Gasteiger partial charge in [-0.2, -0.15) is 0 Å². The second-order valence-electron chi connectivity index (χ2n) is 7.05. The van der Waals surface area contributed by atoms with Crippen LogP contribution in [0.2, 0.25) is 0 Å². The van der Waals surface area contributed by atoms with Crippen LogP contribution in [0.25, 0.3) is 0 Å². The third-order valence-corrected chi connectivity index (χ3v) is 4.37. The van der Waals surface area contributed by atoms with Crippen LogP contribution in [0.1, 0.15) is 56.8 Å². The van der Waals surface area contributed by atoms with Gasteiger partial charge in [0, 0.05) is 12.3 Å². The van der Waals surface area contributed by atoms with Crippen LogP contribution < -0.4 is 0 Å². The number of nitrogens with zero attached hydrogens (tertiary/aromatic N) is 1. The number of carbonyl (C=O) groups is 1. The van der Waals surface area contributed by atoms with Gasteiger partial charge >= 0.3 is 0 Å². The standard InChI is InChI=1S/C19H25NO3/c1-13(2)9-19(21)20(11-15-5-4-8-22-15)12-16-6-7-18(23-16)17-10-14(17)3/h4-8,13-14,17H,9-12H2,1-3H3. The summed E-state index contributed by atoms with van der Waals surface area (Å²) in [6.07, 6.45) is 3.38. The van der Waals surface area contributed by atoms with E-state index in [-0.39, 0.29) is 5.91 Å². The van der Waals surface area contributed by atoms with Gasteiger partial charge < -0.3 is 13.7 Å². The summed E-state index contributed by atoms with van der Waals surface area (Å²) in [5.41, 5.74) is 0. The molecule has 2 unspecified atom stereocenters. The Morgan fingerprint density at radius 1 is 1.26 bits per heavy atom. The van der Waals surface area contributed by atoms with Crippen LogP contribution in [-0.4, -0.2) is 10.8 Å². The minimum atomic E-state index is 0.133. The molecule has 0 aromatic carbocycles. The Hall–Kier alpha value is -1.97. The van der Waals surface area contributed by atoms with E-state index in [9.17, 15) is 4.79 Å². The van der Waals surface area contributed by atoms with Crippen molar-refractivity contribution in [3.63, 3.8) is 0 Å². The molecule has 2 aromatic rings. The zero-order valence-electron chi connectivity index (χ0n) is 14.1. The fourth-order valence-corrected chi connectivity index (χ4v) is 2.89. The van der Waals surface area contributed by atoms with Crippen molar-refractivity contribution in [1.29, 1.82) is 0 Å². The SMILES string of the molecule is CC(C)CC(=O)N(Cc1ccco1)Cc1ccc(C2CC2C)o1. The number of carbonyl (C=O) groups excluding carboxylic acids is 1. The maximum absolute atomic E-state index is 12.5.